The average Bonchev–Trinajstić information content (AvgIpc) is 3.29. The molecule has 1 spiro atoms. The predicted molar refractivity (Wildman–Crippen MR) is 182 cm³/mol. The number of ether oxygens (including phenoxy) is 1. The second-order valence-corrected chi connectivity index (χ2v) is 14.8. The minimum absolute atomic E-state index is 0.0888. The fourth-order valence-electron chi connectivity index (χ4n) is 6.58. The van der Waals surface area contributed by atoms with Crippen LogP contribution in [0.2, 0.25) is 0 Å². The summed E-state index contributed by atoms with van der Waals surface area (Å²) in [6.45, 7) is 2.81. The number of nitrogens with zero attached hydrogens (tertiary/aromatic N) is 5. The standard InChI is InChI=1S/C31H41N7O4S.C2HF3O2/c1-36(2)15-6-16-42-29-26(35-43(40,41)38(4)23-9-13-32-14-10-23)18-22(19-34-29)21-7-8-25-24(17-21)28-27(20-33-25)37(3)30(39)31(28)11-5-12-31;3-2(4,5)1(6)7/h7-8,17-20,23,32,35H,5-6,9-16H2,1-4H3;(H,6,7). The van der Waals surface area contributed by atoms with Crippen LogP contribution < -0.4 is 19.7 Å². The second-order valence-electron chi connectivity index (χ2n) is 13.0. The van der Waals surface area contributed by atoms with Crippen LogP contribution in [0.1, 0.15) is 44.1 Å². The Morgan fingerprint density at radius 1 is 1.12 bits per heavy atom. The molecular formula is C33H42F3N7O6S. The third-order valence-electron chi connectivity index (χ3n) is 9.47. The Hall–Kier alpha value is -4.06. The lowest BCUT2D eigenvalue weighted by Crippen LogP contribution is -2.45. The molecule has 2 aliphatic heterocycles. The number of benzene rings is 1. The van der Waals surface area contributed by atoms with Crippen molar-refractivity contribution in [3.05, 3.63) is 42.2 Å². The van der Waals surface area contributed by atoms with Gasteiger partial charge in [-0.05, 0) is 83.1 Å². The van der Waals surface area contributed by atoms with Crippen LogP contribution in [0.15, 0.2) is 36.7 Å². The summed E-state index contributed by atoms with van der Waals surface area (Å²) in [5.74, 6) is -2.37. The summed E-state index contributed by atoms with van der Waals surface area (Å²) >= 11 is 0. The molecule has 3 N–H and O–H groups in total. The highest BCUT2D eigenvalue weighted by atomic mass is 32.2. The number of carboxylic acid groups (broad SMARTS) is 1. The van der Waals surface area contributed by atoms with Crippen LogP contribution in [0.3, 0.4) is 0 Å². The first-order valence-electron chi connectivity index (χ1n) is 16.3. The van der Waals surface area contributed by atoms with E-state index in [0.29, 0.717) is 12.3 Å². The number of piperidine rings is 1. The number of aromatic nitrogens is 2. The highest BCUT2D eigenvalue weighted by molar-refractivity contribution is 7.90. The van der Waals surface area contributed by atoms with E-state index in [1.165, 1.54) is 4.31 Å². The van der Waals surface area contributed by atoms with E-state index in [4.69, 9.17) is 14.6 Å². The van der Waals surface area contributed by atoms with E-state index >= 15 is 0 Å². The average molecular weight is 722 g/mol. The van der Waals surface area contributed by atoms with Crippen LogP contribution in [0.4, 0.5) is 24.5 Å². The van der Waals surface area contributed by atoms with E-state index in [2.05, 4.69) is 31.0 Å². The number of likely N-dealkylation sites (N-methyl/N-ethyl adjacent to an activating group) is 1. The molecule has 1 aliphatic carbocycles. The summed E-state index contributed by atoms with van der Waals surface area (Å²) in [7, 11) is 3.58. The number of alkyl halides is 3. The second kappa shape index (κ2) is 14.7. The van der Waals surface area contributed by atoms with E-state index in [-0.39, 0.29) is 17.8 Å². The number of anilines is 2. The molecule has 17 heteroatoms. The third kappa shape index (κ3) is 7.65. The Labute approximate surface area is 289 Å². The van der Waals surface area contributed by atoms with Gasteiger partial charge < -0.3 is 25.0 Å². The van der Waals surface area contributed by atoms with Crippen LogP contribution >= 0.6 is 0 Å². The van der Waals surface area contributed by atoms with Crippen molar-refractivity contribution in [3.8, 4) is 17.0 Å². The number of pyridine rings is 2. The molecule has 6 rings (SSSR count). The molecule has 1 saturated carbocycles. The van der Waals surface area contributed by atoms with E-state index in [1.807, 2.05) is 33.3 Å². The topological polar surface area (TPSA) is 157 Å². The number of hydrogen-bond donors (Lipinski definition) is 3. The van der Waals surface area contributed by atoms with Crippen molar-refractivity contribution >= 4 is 44.4 Å². The lowest BCUT2D eigenvalue weighted by atomic mass is 9.64. The molecule has 0 unspecified atom stereocenters. The molecular weight excluding hydrogens is 679 g/mol. The first-order valence-corrected chi connectivity index (χ1v) is 17.7. The van der Waals surface area contributed by atoms with Crippen LogP contribution in [0.25, 0.3) is 22.0 Å². The number of nitrogens with one attached hydrogen (secondary N) is 2. The van der Waals surface area contributed by atoms with E-state index in [0.717, 1.165) is 91.4 Å². The number of carboxylic acids is 1. The van der Waals surface area contributed by atoms with Gasteiger partial charge in [0.25, 0.3) is 0 Å². The maximum Gasteiger partial charge on any atom is 0.490 e. The zero-order valence-corrected chi connectivity index (χ0v) is 29.2. The van der Waals surface area contributed by atoms with E-state index in [1.54, 1.807) is 30.4 Å². The van der Waals surface area contributed by atoms with Gasteiger partial charge in [-0.15, -0.1) is 0 Å². The van der Waals surface area contributed by atoms with Crippen molar-refractivity contribution in [2.24, 2.45) is 0 Å². The highest BCUT2D eigenvalue weighted by Gasteiger charge is 2.54. The Morgan fingerprint density at radius 2 is 1.80 bits per heavy atom. The summed E-state index contributed by atoms with van der Waals surface area (Å²) in [6, 6.07) is 7.68. The summed E-state index contributed by atoms with van der Waals surface area (Å²) in [6.07, 6.45) is 3.40. The fourth-order valence-corrected chi connectivity index (χ4v) is 7.75. The zero-order valence-electron chi connectivity index (χ0n) is 28.4. The fraction of sp³-hybridized carbons (Fsp3) is 0.515. The number of aliphatic carboxylic acids is 1. The normalized spacial score (nSPS) is 17.5. The highest BCUT2D eigenvalue weighted by Crippen LogP contribution is 2.55. The number of hydrogen-bond acceptors (Lipinski definition) is 9. The van der Waals surface area contributed by atoms with E-state index in [9.17, 15) is 26.4 Å². The summed E-state index contributed by atoms with van der Waals surface area (Å²) in [5.41, 5.74) is 4.16. The minimum Gasteiger partial charge on any atom is -0.476 e. The molecule has 50 heavy (non-hydrogen) atoms. The molecule has 13 nitrogen and oxygen atoms in total. The van der Waals surface area contributed by atoms with Crippen molar-refractivity contribution < 1.29 is 41.0 Å². The molecule has 2 fully saturated rings. The molecule has 1 aromatic carbocycles. The van der Waals surface area contributed by atoms with Gasteiger partial charge in [-0.1, -0.05) is 12.5 Å². The number of rotatable bonds is 10. The van der Waals surface area contributed by atoms with Gasteiger partial charge in [0.05, 0.1) is 29.4 Å². The Bertz CT molecular complexity index is 1850. The van der Waals surface area contributed by atoms with Crippen molar-refractivity contribution in [3.63, 3.8) is 0 Å². The third-order valence-corrected chi connectivity index (χ3v) is 11.0. The number of fused-ring (bicyclic) bond motifs is 4. The van der Waals surface area contributed by atoms with Crippen molar-refractivity contribution in [1.82, 2.24) is 24.5 Å². The number of carbonyl (C=O) groups is 2. The van der Waals surface area contributed by atoms with Crippen LogP contribution in [0.5, 0.6) is 5.88 Å². The monoisotopic (exact) mass is 721 g/mol. The lowest BCUT2D eigenvalue weighted by Gasteiger charge is -2.37. The molecule has 1 amide bonds. The first kappa shape index (κ1) is 37.2. The van der Waals surface area contributed by atoms with Crippen molar-refractivity contribution in [1.29, 1.82) is 0 Å². The zero-order chi connectivity index (χ0) is 36.4. The van der Waals surface area contributed by atoms with Crippen LogP contribution in [-0.4, -0.2) is 111 Å². The van der Waals surface area contributed by atoms with Gasteiger partial charge in [-0.25, -0.2) is 9.78 Å². The van der Waals surface area contributed by atoms with Crippen LogP contribution in [0, 0.1) is 0 Å². The van der Waals surface area contributed by atoms with E-state index < -0.39 is 27.8 Å². The smallest absolute Gasteiger partial charge is 0.476 e. The molecule has 1 saturated heterocycles. The SMILES string of the molecule is CN(C)CCCOc1ncc(-c2ccc3ncc4c(c3c2)C2(CCC2)C(=O)N4C)cc1NS(=O)(=O)N(C)C1CCNCC1.O=C(O)C(F)(F)F. The first-order chi connectivity index (χ1) is 23.5. The van der Waals surface area contributed by atoms with Gasteiger partial charge in [0.1, 0.15) is 5.69 Å². The molecule has 0 bridgehead atoms. The molecule has 2 aromatic heterocycles. The summed E-state index contributed by atoms with van der Waals surface area (Å²) in [4.78, 5) is 35.3. The summed E-state index contributed by atoms with van der Waals surface area (Å²) in [5, 5.41) is 11.4. The minimum atomic E-state index is -5.08. The quantitative estimate of drug-likeness (QED) is 0.262. The molecule has 4 heterocycles. The van der Waals surface area contributed by atoms with Gasteiger partial charge in [0.15, 0.2) is 0 Å². The Morgan fingerprint density at radius 3 is 2.40 bits per heavy atom. The molecule has 3 aromatic rings. The van der Waals surface area contributed by atoms with Crippen molar-refractivity contribution in [2.45, 2.75) is 56.2 Å². The molecule has 0 atom stereocenters. The van der Waals surface area contributed by atoms with Crippen LogP contribution in [-0.2, 0) is 25.2 Å². The largest absolute Gasteiger partial charge is 0.490 e. The molecule has 0 radical (unpaired) electrons. The Balaban J connectivity index is 0.000000630. The van der Waals surface area contributed by atoms with Gasteiger partial charge in [-0.2, -0.15) is 25.9 Å². The molecule has 3 aliphatic rings. The van der Waals surface area contributed by atoms with Gasteiger partial charge in [-0.3, -0.25) is 14.5 Å². The maximum atomic E-state index is 13.6. The van der Waals surface area contributed by atoms with Gasteiger partial charge in [0.2, 0.25) is 11.8 Å². The number of amides is 1. The molecule has 272 valence electrons. The number of carbonyl (C=O) groups excluding carboxylic acids is 1. The lowest BCUT2D eigenvalue weighted by molar-refractivity contribution is -0.192. The predicted octanol–water partition coefficient (Wildman–Crippen LogP) is 4.00. The van der Waals surface area contributed by atoms with Crippen molar-refractivity contribution in [2.75, 3.05) is 64.1 Å². The summed E-state index contributed by atoms with van der Waals surface area (Å²) < 4.78 is 69.1. The maximum absolute atomic E-state index is 13.6. The van der Waals surface area contributed by atoms with Gasteiger partial charge in [0, 0.05) is 49.4 Å². The number of halogens is 3. The Kier molecular flexibility index (Phi) is 10.9. The van der Waals surface area contributed by atoms with Gasteiger partial charge >= 0.3 is 22.4 Å².